The highest BCUT2D eigenvalue weighted by molar-refractivity contribution is 5.99. The summed E-state index contributed by atoms with van der Waals surface area (Å²) >= 11 is 0. The largest absolute Gasteiger partial charge is 0.496 e. The molecule has 0 aromatic heterocycles. The SMILES string of the molecule is COc1ccc(CC2CCN(C(=O)c3c(OC)cccc3OC)CC2)cc1OC. The first-order valence-corrected chi connectivity index (χ1v) is 9.82. The van der Waals surface area contributed by atoms with E-state index in [4.69, 9.17) is 18.9 Å². The van der Waals surface area contributed by atoms with Crippen LogP contribution in [0.1, 0.15) is 28.8 Å². The van der Waals surface area contributed by atoms with Gasteiger partial charge in [-0.05, 0) is 55.0 Å². The molecule has 1 amide bonds. The first-order chi connectivity index (χ1) is 14.1. The number of likely N-dealkylation sites (tertiary alicyclic amines) is 1. The van der Waals surface area contributed by atoms with Crippen molar-refractivity contribution in [2.45, 2.75) is 19.3 Å². The topological polar surface area (TPSA) is 57.2 Å². The zero-order valence-corrected chi connectivity index (χ0v) is 17.6. The van der Waals surface area contributed by atoms with Gasteiger partial charge in [-0.3, -0.25) is 4.79 Å². The van der Waals surface area contributed by atoms with Gasteiger partial charge in [-0.15, -0.1) is 0 Å². The molecule has 1 fully saturated rings. The standard InChI is InChI=1S/C23H29NO5/c1-26-18-9-8-17(15-21(18)29-4)14-16-10-12-24(13-11-16)23(25)22-19(27-2)6-5-7-20(22)28-3/h5-9,15-16H,10-14H2,1-4H3. The van der Waals surface area contributed by atoms with E-state index in [1.54, 1.807) is 40.6 Å². The molecule has 156 valence electrons. The van der Waals surface area contributed by atoms with E-state index in [0.717, 1.165) is 43.9 Å². The van der Waals surface area contributed by atoms with Crippen molar-refractivity contribution in [1.82, 2.24) is 4.90 Å². The molecule has 0 N–H and O–H groups in total. The van der Waals surface area contributed by atoms with Crippen LogP contribution in [0.3, 0.4) is 0 Å². The highest BCUT2D eigenvalue weighted by atomic mass is 16.5. The lowest BCUT2D eigenvalue weighted by molar-refractivity contribution is 0.0683. The minimum absolute atomic E-state index is 0.0381. The Morgan fingerprint density at radius 3 is 2.00 bits per heavy atom. The van der Waals surface area contributed by atoms with Gasteiger partial charge in [0.15, 0.2) is 11.5 Å². The van der Waals surface area contributed by atoms with Gasteiger partial charge in [-0.2, -0.15) is 0 Å². The van der Waals surface area contributed by atoms with Gasteiger partial charge in [0, 0.05) is 13.1 Å². The number of ether oxygens (including phenoxy) is 4. The van der Waals surface area contributed by atoms with Crippen LogP contribution in [-0.4, -0.2) is 52.3 Å². The van der Waals surface area contributed by atoms with Gasteiger partial charge in [0.2, 0.25) is 0 Å². The Morgan fingerprint density at radius 1 is 0.862 bits per heavy atom. The highest BCUT2D eigenvalue weighted by Gasteiger charge is 2.28. The Labute approximate surface area is 172 Å². The van der Waals surface area contributed by atoms with Crippen LogP contribution in [0.5, 0.6) is 23.0 Å². The van der Waals surface area contributed by atoms with Crippen LogP contribution in [0.4, 0.5) is 0 Å². The third-order valence-electron chi connectivity index (χ3n) is 5.52. The number of rotatable bonds is 7. The van der Waals surface area contributed by atoms with Crippen LogP contribution in [0.2, 0.25) is 0 Å². The lowest BCUT2D eigenvalue weighted by Gasteiger charge is -2.32. The van der Waals surface area contributed by atoms with E-state index >= 15 is 0 Å². The molecule has 6 heteroatoms. The lowest BCUT2D eigenvalue weighted by atomic mass is 9.89. The van der Waals surface area contributed by atoms with Crippen molar-refractivity contribution in [2.75, 3.05) is 41.5 Å². The average molecular weight is 399 g/mol. The Morgan fingerprint density at radius 2 is 1.45 bits per heavy atom. The molecule has 1 heterocycles. The zero-order chi connectivity index (χ0) is 20.8. The van der Waals surface area contributed by atoms with E-state index in [0.29, 0.717) is 23.0 Å². The molecule has 0 atom stereocenters. The fourth-order valence-electron chi connectivity index (χ4n) is 3.90. The van der Waals surface area contributed by atoms with E-state index in [2.05, 4.69) is 6.07 Å². The van der Waals surface area contributed by atoms with Gasteiger partial charge >= 0.3 is 0 Å². The molecule has 0 bridgehead atoms. The van der Waals surface area contributed by atoms with Crippen molar-refractivity contribution in [3.63, 3.8) is 0 Å². The van der Waals surface area contributed by atoms with Crippen molar-refractivity contribution < 1.29 is 23.7 Å². The van der Waals surface area contributed by atoms with Crippen LogP contribution in [0.15, 0.2) is 36.4 Å². The van der Waals surface area contributed by atoms with Gasteiger partial charge in [0.05, 0.1) is 28.4 Å². The molecule has 1 aliphatic heterocycles. The molecule has 0 saturated carbocycles. The van der Waals surface area contributed by atoms with Crippen molar-refractivity contribution in [3.8, 4) is 23.0 Å². The van der Waals surface area contributed by atoms with Gasteiger partial charge in [0.1, 0.15) is 17.1 Å². The minimum atomic E-state index is -0.0381. The minimum Gasteiger partial charge on any atom is -0.496 e. The molecular weight excluding hydrogens is 370 g/mol. The number of nitrogens with zero attached hydrogens (tertiary/aromatic N) is 1. The smallest absolute Gasteiger partial charge is 0.261 e. The number of carbonyl (C=O) groups is 1. The second-order valence-electron chi connectivity index (χ2n) is 7.17. The van der Waals surface area contributed by atoms with Crippen molar-refractivity contribution in [2.24, 2.45) is 5.92 Å². The maximum atomic E-state index is 13.1. The second-order valence-corrected chi connectivity index (χ2v) is 7.17. The van der Waals surface area contributed by atoms with E-state index in [1.807, 2.05) is 23.1 Å². The number of carbonyl (C=O) groups excluding carboxylic acids is 1. The van der Waals surface area contributed by atoms with Crippen LogP contribution in [0, 0.1) is 5.92 Å². The maximum Gasteiger partial charge on any atom is 0.261 e. The van der Waals surface area contributed by atoms with E-state index in [9.17, 15) is 4.79 Å². The van der Waals surface area contributed by atoms with Crippen molar-refractivity contribution >= 4 is 5.91 Å². The molecule has 29 heavy (non-hydrogen) atoms. The molecule has 0 unspecified atom stereocenters. The highest BCUT2D eigenvalue weighted by Crippen LogP contribution is 2.33. The third-order valence-corrected chi connectivity index (χ3v) is 5.52. The van der Waals surface area contributed by atoms with Gasteiger partial charge in [-0.25, -0.2) is 0 Å². The third kappa shape index (κ3) is 4.58. The molecule has 0 radical (unpaired) electrons. The van der Waals surface area contributed by atoms with Gasteiger partial charge < -0.3 is 23.8 Å². The molecule has 2 aromatic rings. The fraction of sp³-hybridized carbons (Fsp3) is 0.435. The number of benzene rings is 2. The maximum absolute atomic E-state index is 13.1. The van der Waals surface area contributed by atoms with Crippen LogP contribution < -0.4 is 18.9 Å². The predicted octanol–water partition coefficient (Wildman–Crippen LogP) is 3.82. The summed E-state index contributed by atoms with van der Waals surface area (Å²) in [5, 5.41) is 0. The van der Waals surface area contributed by atoms with Crippen molar-refractivity contribution in [3.05, 3.63) is 47.5 Å². The summed E-state index contributed by atoms with van der Waals surface area (Å²) in [5.74, 6) is 3.06. The van der Waals surface area contributed by atoms with Gasteiger partial charge in [0.25, 0.3) is 5.91 Å². The van der Waals surface area contributed by atoms with Crippen LogP contribution >= 0.6 is 0 Å². The molecule has 6 nitrogen and oxygen atoms in total. The fourth-order valence-corrected chi connectivity index (χ4v) is 3.90. The number of piperidine rings is 1. The molecule has 1 saturated heterocycles. The summed E-state index contributed by atoms with van der Waals surface area (Å²) in [4.78, 5) is 15.0. The van der Waals surface area contributed by atoms with E-state index < -0.39 is 0 Å². The molecule has 3 rings (SSSR count). The molecule has 0 spiro atoms. The Balaban J connectivity index is 1.65. The number of methoxy groups -OCH3 is 4. The Hall–Kier alpha value is -2.89. The van der Waals surface area contributed by atoms with Gasteiger partial charge in [-0.1, -0.05) is 12.1 Å². The summed E-state index contributed by atoms with van der Waals surface area (Å²) in [6.45, 7) is 1.44. The zero-order valence-electron chi connectivity index (χ0n) is 17.6. The van der Waals surface area contributed by atoms with Crippen molar-refractivity contribution in [1.29, 1.82) is 0 Å². The quantitative estimate of drug-likeness (QED) is 0.709. The summed E-state index contributed by atoms with van der Waals surface area (Å²) in [7, 11) is 6.43. The molecular formula is C23H29NO5. The summed E-state index contributed by atoms with van der Waals surface area (Å²) in [5.41, 5.74) is 1.72. The van der Waals surface area contributed by atoms with E-state index in [-0.39, 0.29) is 5.91 Å². The molecule has 2 aromatic carbocycles. The summed E-state index contributed by atoms with van der Waals surface area (Å²) < 4.78 is 21.5. The Bertz CT molecular complexity index is 821. The number of hydrogen-bond donors (Lipinski definition) is 0. The predicted molar refractivity (Wildman–Crippen MR) is 111 cm³/mol. The first-order valence-electron chi connectivity index (χ1n) is 9.82. The van der Waals surface area contributed by atoms with Crippen LogP contribution in [-0.2, 0) is 6.42 Å². The van der Waals surface area contributed by atoms with E-state index in [1.165, 1.54) is 5.56 Å². The monoisotopic (exact) mass is 399 g/mol. The molecule has 0 aliphatic carbocycles. The first kappa shape index (κ1) is 20.8. The summed E-state index contributed by atoms with van der Waals surface area (Å²) in [6.07, 6.45) is 2.87. The lowest BCUT2D eigenvalue weighted by Crippen LogP contribution is -2.39. The molecule has 1 aliphatic rings. The second kappa shape index (κ2) is 9.54. The number of amides is 1. The summed E-state index contributed by atoms with van der Waals surface area (Å²) in [6, 6.07) is 11.5. The Kier molecular flexibility index (Phi) is 6.86. The number of hydrogen-bond acceptors (Lipinski definition) is 5. The normalized spacial score (nSPS) is 14.4. The average Bonchev–Trinajstić information content (AvgIpc) is 2.78. The van der Waals surface area contributed by atoms with Crippen LogP contribution in [0.25, 0.3) is 0 Å².